The Hall–Kier alpha value is -2.49. The fraction of sp³-hybridized carbons (Fsp3) is 0.556. The number of hydrogen-bond acceptors (Lipinski definition) is 8. The molecule has 1 aliphatic rings. The maximum absolute atomic E-state index is 12.4. The average Bonchev–Trinajstić information content (AvgIpc) is 3.39. The van der Waals surface area contributed by atoms with Gasteiger partial charge in [-0.3, -0.25) is 4.68 Å². The van der Waals surface area contributed by atoms with Gasteiger partial charge >= 0.3 is 16.1 Å². The SMILES string of the molecule is CC.Cn1ncc(-c2ncc(OS(=O)(=O)C3CC3)cn2)c1C(=O)OC(C)(C)C. The van der Waals surface area contributed by atoms with Crippen LogP contribution < -0.4 is 4.18 Å². The zero-order valence-corrected chi connectivity index (χ0v) is 17.8. The number of nitrogens with zero attached hydrogens (tertiary/aromatic N) is 4. The number of aryl methyl sites for hydroxylation is 1. The van der Waals surface area contributed by atoms with Gasteiger partial charge in [0.15, 0.2) is 17.3 Å². The lowest BCUT2D eigenvalue weighted by Gasteiger charge is -2.19. The molecule has 0 radical (unpaired) electrons. The van der Waals surface area contributed by atoms with Gasteiger partial charge in [-0.2, -0.15) is 13.5 Å². The number of rotatable bonds is 5. The molecule has 0 N–H and O–H groups in total. The minimum absolute atomic E-state index is 0.0309. The first kappa shape index (κ1) is 21.8. The molecular formula is C18H26N4O5S. The van der Waals surface area contributed by atoms with Gasteiger partial charge in [0.1, 0.15) is 5.60 Å². The van der Waals surface area contributed by atoms with Crippen molar-refractivity contribution in [3.8, 4) is 17.1 Å². The van der Waals surface area contributed by atoms with E-state index in [1.807, 2.05) is 13.8 Å². The second-order valence-corrected chi connectivity index (χ2v) is 8.87. The molecule has 2 heterocycles. The molecule has 0 spiro atoms. The van der Waals surface area contributed by atoms with Crippen molar-refractivity contribution in [2.24, 2.45) is 7.05 Å². The van der Waals surface area contributed by atoms with E-state index in [0.29, 0.717) is 18.4 Å². The van der Waals surface area contributed by atoms with Crippen molar-refractivity contribution >= 4 is 16.1 Å². The van der Waals surface area contributed by atoms with Crippen LogP contribution in [0.2, 0.25) is 0 Å². The lowest BCUT2D eigenvalue weighted by atomic mass is 10.2. The molecule has 154 valence electrons. The number of esters is 1. The minimum Gasteiger partial charge on any atom is -0.455 e. The molecule has 1 aliphatic carbocycles. The summed E-state index contributed by atoms with van der Waals surface area (Å²) in [4.78, 5) is 20.6. The largest absolute Gasteiger partial charge is 0.455 e. The molecule has 0 aromatic carbocycles. The molecule has 2 aromatic rings. The quantitative estimate of drug-likeness (QED) is 0.546. The first-order valence-corrected chi connectivity index (χ1v) is 10.5. The third-order valence-corrected chi connectivity index (χ3v) is 5.26. The second kappa shape index (κ2) is 8.26. The summed E-state index contributed by atoms with van der Waals surface area (Å²) >= 11 is 0. The zero-order chi connectivity index (χ0) is 21.1. The van der Waals surface area contributed by atoms with Gasteiger partial charge in [0.25, 0.3) is 0 Å². The average molecular weight is 410 g/mol. The van der Waals surface area contributed by atoms with Gasteiger partial charge in [-0.15, -0.1) is 0 Å². The number of hydrogen-bond donors (Lipinski definition) is 0. The van der Waals surface area contributed by atoms with Gasteiger partial charge in [-0.05, 0) is 33.6 Å². The first-order valence-electron chi connectivity index (χ1n) is 9.08. The summed E-state index contributed by atoms with van der Waals surface area (Å²) in [5.74, 6) is -0.300. The van der Waals surface area contributed by atoms with Crippen LogP contribution in [0.5, 0.6) is 5.75 Å². The van der Waals surface area contributed by atoms with E-state index in [1.165, 1.54) is 23.3 Å². The molecule has 0 bridgehead atoms. The van der Waals surface area contributed by atoms with Gasteiger partial charge in [-0.1, -0.05) is 13.8 Å². The minimum atomic E-state index is -3.63. The van der Waals surface area contributed by atoms with Gasteiger partial charge in [0.05, 0.1) is 29.4 Å². The smallest absolute Gasteiger partial charge is 0.357 e. The van der Waals surface area contributed by atoms with Gasteiger partial charge in [0, 0.05) is 7.05 Å². The highest BCUT2D eigenvalue weighted by Gasteiger charge is 2.38. The summed E-state index contributed by atoms with van der Waals surface area (Å²) in [7, 11) is -2.01. The first-order chi connectivity index (χ1) is 13.1. The topological polar surface area (TPSA) is 113 Å². The number of carbonyl (C=O) groups is 1. The van der Waals surface area contributed by atoms with Gasteiger partial charge in [0.2, 0.25) is 0 Å². The summed E-state index contributed by atoms with van der Waals surface area (Å²) < 4.78 is 35.5. The highest BCUT2D eigenvalue weighted by atomic mass is 32.2. The van der Waals surface area contributed by atoms with Crippen LogP contribution >= 0.6 is 0 Å². The van der Waals surface area contributed by atoms with Crippen LogP contribution in [0.15, 0.2) is 18.6 Å². The van der Waals surface area contributed by atoms with Crippen LogP contribution in [0, 0.1) is 0 Å². The molecule has 28 heavy (non-hydrogen) atoms. The summed E-state index contributed by atoms with van der Waals surface area (Å²) in [5, 5.41) is 3.62. The molecular weight excluding hydrogens is 384 g/mol. The van der Waals surface area contributed by atoms with Crippen LogP contribution in [0.4, 0.5) is 0 Å². The zero-order valence-electron chi connectivity index (χ0n) is 17.0. The summed E-state index contributed by atoms with van der Waals surface area (Å²) in [6.45, 7) is 9.30. The molecule has 0 aliphatic heterocycles. The van der Waals surface area contributed by atoms with Crippen molar-refractivity contribution in [2.45, 2.75) is 58.3 Å². The number of ether oxygens (including phenoxy) is 1. The Morgan fingerprint density at radius 2 is 1.71 bits per heavy atom. The lowest BCUT2D eigenvalue weighted by molar-refractivity contribution is 0.00584. The molecule has 3 rings (SSSR count). The van der Waals surface area contributed by atoms with E-state index in [2.05, 4.69) is 15.1 Å². The second-order valence-electron chi connectivity index (χ2n) is 7.05. The Kier molecular flexibility index (Phi) is 6.43. The highest BCUT2D eigenvalue weighted by molar-refractivity contribution is 7.88. The summed E-state index contributed by atoms with van der Waals surface area (Å²) in [6.07, 6.45) is 5.19. The number of carbonyl (C=O) groups excluding carboxylic acids is 1. The van der Waals surface area contributed by atoms with E-state index in [1.54, 1.807) is 27.8 Å². The molecule has 1 fully saturated rings. The van der Waals surface area contributed by atoms with E-state index in [4.69, 9.17) is 8.92 Å². The van der Waals surface area contributed by atoms with Crippen LogP contribution in [0.1, 0.15) is 57.9 Å². The van der Waals surface area contributed by atoms with E-state index in [-0.39, 0.29) is 17.3 Å². The molecule has 10 heteroatoms. The highest BCUT2D eigenvalue weighted by Crippen LogP contribution is 2.30. The fourth-order valence-corrected chi connectivity index (χ4v) is 3.43. The third kappa shape index (κ3) is 5.28. The third-order valence-electron chi connectivity index (χ3n) is 3.55. The van der Waals surface area contributed by atoms with Gasteiger partial charge < -0.3 is 8.92 Å². The Labute approximate surface area is 165 Å². The molecule has 9 nitrogen and oxygen atoms in total. The molecule has 0 saturated heterocycles. The maximum atomic E-state index is 12.4. The normalized spacial score (nSPS) is 14.1. The number of aromatic nitrogens is 4. The van der Waals surface area contributed by atoms with Crippen molar-refractivity contribution in [3.63, 3.8) is 0 Å². The molecule has 0 amide bonds. The molecule has 0 unspecified atom stereocenters. The molecule has 1 saturated carbocycles. The fourth-order valence-electron chi connectivity index (χ4n) is 2.23. The molecule has 0 atom stereocenters. The van der Waals surface area contributed by atoms with E-state index < -0.39 is 26.9 Å². The maximum Gasteiger partial charge on any atom is 0.357 e. The van der Waals surface area contributed by atoms with Crippen LogP contribution in [0.3, 0.4) is 0 Å². The van der Waals surface area contributed by atoms with E-state index in [0.717, 1.165) is 0 Å². The van der Waals surface area contributed by atoms with Crippen molar-refractivity contribution < 1.29 is 22.1 Å². The Balaban J connectivity index is 0.00000136. The molecule has 2 aromatic heterocycles. The predicted octanol–water partition coefficient (Wildman–Crippen LogP) is 2.73. The standard InChI is InChI=1S/C16H20N4O5S.C2H6/c1-16(2,3)24-15(21)13-12(9-19-20(13)4)14-17-7-10(8-18-14)25-26(22,23)11-5-6-11;1-2/h7-9,11H,5-6H2,1-4H3;1-2H3. The van der Waals surface area contributed by atoms with Crippen molar-refractivity contribution in [1.29, 1.82) is 0 Å². The van der Waals surface area contributed by atoms with Crippen molar-refractivity contribution in [1.82, 2.24) is 19.7 Å². The van der Waals surface area contributed by atoms with E-state index >= 15 is 0 Å². The Morgan fingerprint density at radius 3 is 2.21 bits per heavy atom. The van der Waals surface area contributed by atoms with Gasteiger partial charge in [-0.25, -0.2) is 14.8 Å². The van der Waals surface area contributed by atoms with Crippen molar-refractivity contribution in [2.75, 3.05) is 0 Å². The summed E-state index contributed by atoms with van der Waals surface area (Å²) in [6, 6.07) is 0. The van der Waals surface area contributed by atoms with Crippen molar-refractivity contribution in [3.05, 3.63) is 24.3 Å². The van der Waals surface area contributed by atoms with E-state index in [9.17, 15) is 13.2 Å². The van der Waals surface area contributed by atoms with Crippen LogP contribution in [-0.2, 0) is 21.9 Å². The Morgan fingerprint density at radius 1 is 1.14 bits per heavy atom. The monoisotopic (exact) mass is 410 g/mol. The van der Waals surface area contributed by atoms with Crippen LogP contribution in [-0.4, -0.2) is 45.0 Å². The van der Waals surface area contributed by atoms with Crippen LogP contribution in [0.25, 0.3) is 11.4 Å². The lowest BCUT2D eigenvalue weighted by Crippen LogP contribution is -2.25. The Bertz CT molecular complexity index is 926. The predicted molar refractivity (Wildman–Crippen MR) is 103 cm³/mol. The summed E-state index contributed by atoms with van der Waals surface area (Å²) in [5.41, 5.74) is -0.0634.